The Bertz CT molecular complexity index is 444. The van der Waals surface area contributed by atoms with E-state index in [4.69, 9.17) is 11.6 Å². The van der Waals surface area contributed by atoms with Crippen molar-refractivity contribution in [3.05, 3.63) is 17.4 Å². The Balaban J connectivity index is 2.75. The van der Waals surface area contributed by atoms with E-state index < -0.39 is 9.84 Å². The molecule has 6 heteroatoms. The van der Waals surface area contributed by atoms with E-state index in [0.717, 1.165) is 0 Å². The van der Waals surface area contributed by atoms with Gasteiger partial charge in [0.15, 0.2) is 9.84 Å². The van der Waals surface area contributed by atoms with Gasteiger partial charge in [0.2, 0.25) is 0 Å². The van der Waals surface area contributed by atoms with Crippen LogP contribution in [0.15, 0.2) is 17.3 Å². The van der Waals surface area contributed by atoms with E-state index in [1.165, 1.54) is 12.4 Å². The number of anilines is 1. The molecule has 1 aliphatic rings. The van der Waals surface area contributed by atoms with Crippen LogP contribution >= 0.6 is 11.6 Å². The first-order valence-electron chi connectivity index (χ1n) is 3.71. The summed E-state index contributed by atoms with van der Waals surface area (Å²) in [4.78, 5) is 3.98. The highest BCUT2D eigenvalue weighted by molar-refractivity contribution is 7.91. The molecule has 4 nitrogen and oxygen atoms in total. The molecule has 1 aromatic rings. The second kappa shape index (κ2) is 2.85. The summed E-state index contributed by atoms with van der Waals surface area (Å²) in [6.07, 6.45) is 2.81. The number of fused-ring (bicyclic) bond motifs is 1. The van der Waals surface area contributed by atoms with Crippen LogP contribution in [0.25, 0.3) is 0 Å². The molecule has 2 rings (SSSR count). The molecule has 1 aromatic heterocycles. The number of hydrogen-bond donors (Lipinski definition) is 1. The van der Waals surface area contributed by atoms with Gasteiger partial charge in [-0.05, 0) is 0 Å². The van der Waals surface area contributed by atoms with Crippen LogP contribution in [0.4, 0.5) is 5.69 Å². The van der Waals surface area contributed by atoms with Crippen LogP contribution in [0, 0.1) is 0 Å². The number of nitrogens with one attached hydrogen (secondary N) is 1. The van der Waals surface area contributed by atoms with Gasteiger partial charge in [0.05, 0.1) is 22.7 Å². The van der Waals surface area contributed by atoms with Crippen LogP contribution in [0.2, 0.25) is 5.02 Å². The predicted molar refractivity (Wildman–Crippen MR) is 49.8 cm³/mol. The zero-order valence-corrected chi connectivity index (χ0v) is 8.19. The fraction of sp³-hybridized carbons (Fsp3) is 0.286. The summed E-state index contributed by atoms with van der Waals surface area (Å²) in [5.41, 5.74) is 0.499. The van der Waals surface area contributed by atoms with Gasteiger partial charge in [-0.3, -0.25) is 4.98 Å². The normalized spacial score (nSPS) is 18.8. The van der Waals surface area contributed by atoms with Crippen molar-refractivity contribution in [3.63, 3.8) is 0 Å². The molecule has 1 N–H and O–H groups in total. The number of nitrogens with zero attached hydrogens (tertiary/aromatic N) is 1. The minimum absolute atomic E-state index is 0.0870. The maximum atomic E-state index is 11.5. The zero-order chi connectivity index (χ0) is 9.47. The van der Waals surface area contributed by atoms with Crippen molar-refractivity contribution in [2.45, 2.75) is 4.90 Å². The number of halogens is 1. The van der Waals surface area contributed by atoms with Crippen molar-refractivity contribution in [2.24, 2.45) is 0 Å². The summed E-state index contributed by atoms with van der Waals surface area (Å²) < 4.78 is 23.1. The average Bonchev–Trinajstić information content (AvgIpc) is 2.02. The maximum Gasteiger partial charge on any atom is 0.183 e. The van der Waals surface area contributed by atoms with Crippen molar-refractivity contribution >= 4 is 27.1 Å². The molecule has 13 heavy (non-hydrogen) atoms. The molecular formula is C7H7ClN2O2S. The van der Waals surface area contributed by atoms with Gasteiger partial charge in [0.1, 0.15) is 4.90 Å². The fourth-order valence-electron chi connectivity index (χ4n) is 1.29. The van der Waals surface area contributed by atoms with Gasteiger partial charge in [-0.25, -0.2) is 8.42 Å². The molecule has 0 amide bonds. The number of hydrogen-bond acceptors (Lipinski definition) is 4. The minimum Gasteiger partial charge on any atom is -0.382 e. The van der Waals surface area contributed by atoms with E-state index in [1.807, 2.05) is 0 Å². The lowest BCUT2D eigenvalue weighted by molar-refractivity contribution is 0.594. The highest BCUT2D eigenvalue weighted by Crippen LogP contribution is 2.31. The second-order valence-corrected chi connectivity index (χ2v) is 5.20. The average molecular weight is 219 g/mol. The molecule has 0 unspecified atom stereocenters. The molecule has 1 aliphatic heterocycles. The van der Waals surface area contributed by atoms with Gasteiger partial charge < -0.3 is 5.32 Å². The molecule has 2 heterocycles. The van der Waals surface area contributed by atoms with Crippen molar-refractivity contribution in [1.82, 2.24) is 4.98 Å². The van der Waals surface area contributed by atoms with Crippen LogP contribution in [0.1, 0.15) is 0 Å². The Morgan fingerprint density at radius 3 is 2.92 bits per heavy atom. The van der Waals surface area contributed by atoms with E-state index in [9.17, 15) is 8.42 Å². The first-order chi connectivity index (χ1) is 6.11. The first-order valence-corrected chi connectivity index (χ1v) is 5.74. The van der Waals surface area contributed by atoms with Crippen LogP contribution < -0.4 is 5.32 Å². The summed E-state index contributed by atoms with van der Waals surface area (Å²) in [7, 11) is -3.21. The van der Waals surface area contributed by atoms with Crippen LogP contribution in [0.5, 0.6) is 0 Å². The van der Waals surface area contributed by atoms with Gasteiger partial charge in [0, 0.05) is 12.7 Å². The Labute approximate surface area is 80.9 Å². The Hall–Kier alpha value is -0.810. The highest BCUT2D eigenvalue weighted by Gasteiger charge is 2.26. The molecule has 0 radical (unpaired) electrons. The number of rotatable bonds is 0. The van der Waals surface area contributed by atoms with E-state index >= 15 is 0 Å². The van der Waals surface area contributed by atoms with E-state index in [2.05, 4.69) is 10.3 Å². The molecule has 0 aliphatic carbocycles. The Morgan fingerprint density at radius 1 is 1.46 bits per heavy atom. The summed E-state index contributed by atoms with van der Waals surface area (Å²) in [6.45, 7) is 0.414. The number of sulfone groups is 1. The molecule has 0 spiro atoms. The maximum absolute atomic E-state index is 11.5. The topological polar surface area (TPSA) is 59.1 Å². The lowest BCUT2D eigenvalue weighted by Gasteiger charge is -2.18. The van der Waals surface area contributed by atoms with Crippen molar-refractivity contribution < 1.29 is 8.42 Å². The van der Waals surface area contributed by atoms with E-state index in [-0.39, 0.29) is 15.7 Å². The quantitative estimate of drug-likeness (QED) is 0.704. The zero-order valence-electron chi connectivity index (χ0n) is 6.62. The van der Waals surface area contributed by atoms with Crippen molar-refractivity contribution in [1.29, 1.82) is 0 Å². The van der Waals surface area contributed by atoms with Crippen molar-refractivity contribution in [2.75, 3.05) is 17.6 Å². The van der Waals surface area contributed by atoms with Gasteiger partial charge in [-0.1, -0.05) is 11.6 Å². The molecular weight excluding hydrogens is 212 g/mol. The van der Waals surface area contributed by atoms with Crippen LogP contribution in [0.3, 0.4) is 0 Å². The first kappa shape index (κ1) is 8.77. The molecule has 0 fully saturated rings. The standard InChI is InChI=1S/C7H7ClN2O2S/c8-5-3-9-4-6-7(5)13(11,12)2-1-10-6/h3-4,10H,1-2H2. The SMILES string of the molecule is O=S1(=O)CCNc2cncc(Cl)c21. The molecule has 0 saturated carbocycles. The number of aromatic nitrogens is 1. The van der Waals surface area contributed by atoms with Gasteiger partial charge in [-0.2, -0.15) is 0 Å². The largest absolute Gasteiger partial charge is 0.382 e. The van der Waals surface area contributed by atoms with Gasteiger partial charge in [0.25, 0.3) is 0 Å². The molecule has 0 bridgehead atoms. The summed E-state index contributed by atoms with van der Waals surface area (Å²) in [5, 5.41) is 3.12. The smallest absolute Gasteiger partial charge is 0.183 e. The van der Waals surface area contributed by atoms with Crippen LogP contribution in [-0.2, 0) is 9.84 Å². The minimum atomic E-state index is -3.21. The monoisotopic (exact) mass is 218 g/mol. The van der Waals surface area contributed by atoms with E-state index in [0.29, 0.717) is 12.2 Å². The molecule has 0 saturated heterocycles. The van der Waals surface area contributed by atoms with Gasteiger partial charge >= 0.3 is 0 Å². The van der Waals surface area contributed by atoms with Crippen molar-refractivity contribution in [3.8, 4) is 0 Å². The summed E-state index contributed by atoms with van der Waals surface area (Å²) in [6, 6.07) is 0. The number of pyridine rings is 1. The Morgan fingerprint density at radius 2 is 2.23 bits per heavy atom. The van der Waals surface area contributed by atoms with E-state index in [1.54, 1.807) is 0 Å². The van der Waals surface area contributed by atoms with Crippen LogP contribution in [-0.4, -0.2) is 25.7 Å². The highest BCUT2D eigenvalue weighted by atomic mass is 35.5. The Kier molecular flexibility index (Phi) is 1.92. The summed E-state index contributed by atoms with van der Waals surface area (Å²) >= 11 is 5.75. The van der Waals surface area contributed by atoms with Gasteiger partial charge in [-0.15, -0.1) is 0 Å². The lowest BCUT2D eigenvalue weighted by Crippen LogP contribution is -2.23. The lowest BCUT2D eigenvalue weighted by atomic mass is 10.4. The fourth-order valence-corrected chi connectivity index (χ4v) is 3.18. The third-order valence-corrected chi connectivity index (χ3v) is 4.05. The predicted octanol–water partition coefficient (Wildman–Crippen LogP) is 0.934. The third kappa shape index (κ3) is 1.38. The summed E-state index contributed by atoms with van der Waals surface area (Å²) in [5.74, 6) is 0.0870. The third-order valence-electron chi connectivity index (χ3n) is 1.85. The molecule has 70 valence electrons. The second-order valence-electron chi connectivity index (χ2n) is 2.74. The molecule has 0 aromatic carbocycles. The molecule has 0 atom stereocenters.